The number of aliphatic hydroxyl groups is 1. The second kappa shape index (κ2) is 5.98. The molecule has 0 aliphatic carbocycles. The molecule has 0 rings (SSSR count). The summed E-state index contributed by atoms with van der Waals surface area (Å²) in [6, 6.07) is 0. The van der Waals surface area contributed by atoms with Gasteiger partial charge >= 0.3 is 0 Å². The Labute approximate surface area is 86.1 Å². The van der Waals surface area contributed by atoms with Crippen molar-refractivity contribution < 1.29 is 9.90 Å². The van der Waals surface area contributed by atoms with E-state index < -0.39 is 5.60 Å². The highest BCUT2D eigenvalue weighted by molar-refractivity contribution is 5.77. The molecule has 0 aliphatic rings. The first-order chi connectivity index (χ1) is 6.31. The third-order valence-electron chi connectivity index (χ3n) is 1.55. The van der Waals surface area contributed by atoms with Gasteiger partial charge in [0.25, 0.3) is 0 Å². The predicted octanol–water partition coefficient (Wildman–Crippen LogP) is 0.119. The summed E-state index contributed by atoms with van der Waals surface area (Å²) in [5.41, 5.74) is -0.766. The minimum atomic E-state index is -0.766. The quantitative estimate of drug-likeness (QED) is 0.573. The monoisotopic (exact) mass is 202 g/mol. The smallest absolute Gasteiger partial charge is 0.233 e. The molecule has 0 unspecified atom stereocenters. The summed E-state index contributed by atoms with van der Waals surface area (Å²) in [6.07, 6.45) is 0. The van der Waals surface area contributed by atoms with Gasteiger partial charge in [0.15, 0.2) is 0 Å². The largest absolute Gasteiger partial charge is 0.389 e. The second-order valence-corrected chi connectivity index (χ2v) is 4.61. The zero-order valence-electron chi connectivity index (χ0n) is 9.55. The first-order valence-electron chi connectivity index (χ1n) is 5.01. The molecule has 14 heavy (non-hydrogen) atoms. The third-order valence-corrected chi connectivity index (χ3v) is 1.55. The lowest BCUT2D eigenvalue weighted by molar-refractivity contribution is -0.120. The van der Waals surface area contributed by atoms with E-state index >= 15 is 0 Å². The van der Waals surface area contributed by atoms with E-state index in [0.717, 1.165) is 0 Å². The summed E-state index contributed by atoms with van der Waals surface area (Å²) in [5, 5.41) is 15.0. The fourth-order valence-electron chi connectivity index (χ4n) is 0.862. The molecule has 0 aromatic heterocycles. The van der Waals surface area contributed by atoms with Crippen LogP contribution in [0.4, 0.5) is 0 Å². The van der Waals surface area contributed by atoms with Gasteiger partial charge in [-0.3, -0.25) is 4.79 Å². The van der Waals surface area contributed by atoms with Crippen LogP contribution < -0.4 is 10.6 Å². The Morgan fingerprint density at radius 1 is 1.43 bits per heavy atom. The highest BCUT2D eigenvalue weighted by Crippen LogP contribution is 1.96. The van der Waals surface area contributed by atoms with Gasteiger partial charge in [-0.2, -0.15) is 0 Å². The van der Waals surface area contributed by atoms with Crippen LogP contribution in [0.5, 0.6) is 0 Å². The van der Waals surface area contributed by atoms with E-state index in [-0.39, 0.29) is 12.5 Å². The minimum Gasteiger partial charge on any atom is -0.389 e. The van der Waals surface area contributed by atoms with Gasteiger partial charge in [0, 0.05) is 13.1 Å². The molecular weight excluding hydrogens is 180 g/mol. The van der Waals surface area contributed by atoms with E-state index in [2.05, 4.69) is 10.6 Å². The maximum Gasteiger partial charge on any atom is 0.233 e. The number of carbonyl (C=O) groups is 1. The maximum atomic E-state index is 11.2. The van der Waals surface area contributed by atoms with Crippen LogP contribution in [0.15, 0.2) is 0 Å². The number of rotatable bonds is 6. The van der Waals surface area contributed by atoms with Gasteiger partial charge in [0.2, 0.25) is 5.91 Å². The van der Waals surface area contributed by atoms with Gasteiger partial charge in [-0.1, -0.05) is 13.8 Å². The fourth-order valence-corrected chi connectivity index (χ4v) is 0.862. The highest BCUT2D eigenvalue weighted by Gasteiger charge is 2.12. The minimum absolute atomic E-state index is 0.0250. The fraction of sp³-hybridized carbons (Fsp3) is 0.900. The van der Waals surface area contributed by atoms with Crippen molar-refractivity contribution in [3.63, 3.8) is 0 Å². The van der Waals surface area contributed by atoms with Crippen molar-refractivity contribution in [3.8, 4) is 0 Å². The normalized spacial score (nSPS) is 11.9. The average Bonchev–Trinajstić information content (AvgIpc) is 1.98. The topological polar surface area (TPSA) is 61.4 Å². The molecular formula is C10H22N2O2. The number of carbonyl (C=O) groups excluding carboxylic acids is 1. The molecule has 0 spiro atoms. The Morgan fingerprint density at radius 2 is 2.00 bits per heavy atom. The maximum absolute atomic E-state index is 11.2. The summed E-state index contributed by atoms with van der Waals surface area (Å²) >= 11 is 0. The summed E-state index contributed by atoms with van der Waals surface area (Å²) in [5.74, 6) is 0.441. The van der Waals surface area contributed by atoms with Gasteiger partial charge in [-0.15, -0.1) is 0 Å². The molecule has 4 heteroatoms. The van der Waals surface area contributed by atoms with Crippen molar-refractivity contribution in [2.75, 3.05) is 19.6 Å². The summed E-state index contributed by atoms with van der Waals surface area (Å²) in [4.78, 5) is 11.2. The van der Waals surface area contributed by atoms with Crippen LogP contribution in [0.2, 0.25) is 0 Å². The standard InChI is InChI=1S/C10H22N2O2/c1-8(2)5-12-9(13)6-11-7-10(3,4)14/h8,11,14H,5-7H2,1-4H3,(H,12,13). The highest BCUT2D eigenvalue weighted by atomic mass is 16.3. The van der Waals surface area contributed by atoms with Crippen LogP contribution in [-0.2, 0) is 4.79 Å². The van der Waals surface area contributed by atoms with Crippen LogP contribution in [0.1, 0.15) is 27.7 Å². The molecule has 0 bridgehead atoms. The molecule has 0 aromatic carbocycles. The summed E-state index contributed by atoms with van der Waals surface area (Å²) in [6.45, 7) is 8.87. The Balaban J connectivity index is 3.46. The molecule has 0 aliphatic heterocycles. The Kier molecular flexibility index (Phi) is 5.72. The third kappa shape index (κ3) is 9.48. The number of hydrogen-bond acceptors (Lipinski definition) is 3. The molecule has 0 saturated carbocycles. The molecule has 4 nitrogen and oxygen atoms in total. The van der Waals surface area contributed by atoms with Gasteiger partial charge < -0.3 is 15.7 Å². The zero-order chi connectivity index (χ0) is 11.2. The Hall–Kier alpha value is -0.610. The van der Waals surface area contributed by atoms with Crippen molar-refractivity contribution in [1.82, 2.24) is 10.6 Å². The average molecular weight is 202 g/mol. The molecule has 3 N–H and O–H groups in total. The van der Waals surface area contributed by atoms with Crippen molar-refractivity contribution in [3.05, 3.63) is 0 Å². The molecule has 0 atom stereocenters. The predicted molar refractivity (Wildman–Crippen MR) is 57.0 cm³/mol. The Morgan fingerprint density at radius 3 is 2.43 bits per heavy atom. The van der Waals surface area contributed by atoms with Crippen LogP contribution in [-0.4, -0.2) is 36.2 Å². The van der Waals surface area contributed by atoms with Crippen molar-refractivity contribution in [2.45, 2.75) is 33.3 Å². The molecule has 0 fully saturated rings. The zero-order valence-corrected chi connectivity index (χ0v) is 9.55. The van der Waals surface area contributed by atoms with E-state index in [1.807, 2.05) is 13.8 Å². The summed E-state index contributed by atoms with van der Waals surface area (Å²) < 4.78 is 0. The van der Waals surface area contributed by atoms with Crippen molar-refractivity contribution in [2.24, 2.45) is 5.92 Å². The van der Waals surface area contributed by atoms with E-state index in [4.69, 9.17) is 0 Å². The first-order valence-corrected chi connectivity index (χ1v) is 5.01. The lowest BCUT2D eigenvalue weighted by atomic mass is 10.1. The summed E-state index contributed by atoms with van der Waals surface area (Å²) in [7, 11) is 0. The van der Waals surface area contributed by atoms with Crippen molar-refractivity contribution >= 4 is 5.91 Å². The first kappa shape index (κ1) is 13.4. The molecule has 0 heterocycles. The van der Waals surface area contributed by atoms with Gasteiger partial charge in [-0.05, 0) is 19.8 Å². The van der Waals surface area contributed by atoms with Gasteiger partial charge in [0.05, 0.1) is 12.1 Å². The number of nitrogens with one attached hydrogen (secondary N) is 2. The molecule has 0 saturated heterocycles. The number of hydrogen-bond donors (Lipinski definition) is 3. The molecule has 1 amide bonds. The van der Waals surface area contributed by atoms with E-state index in [1.165, 1.54) is 0 Å². The van der Waals surface area contributed by atoms with Crippen LogP contribution in [0.3, 0.4) is 0 Å². The Bertz CT molecular complexity index is 173. The van der Waals surface area contributed by atoms with Gasteiger partial charge in [-0.25, -0.2) is 0 Å². The van der Waals surface area contributed by atoms with E-state index in [9.17, 15) is 9.90 Å². The van der Waals surface area contributed by atoms with Gasteiger partial charge in [0.1, 0.15) is 0 Å². The van der Waals surface area contributed by atoms with Crippen LogP contribution >= 0.6 is 0 Å². The lowest BCUT2D eigenvalue weighted by Gasteiger charge is -2.17. The molecule has 84 valence electrons. The van der Waals surface area contributed by atoms with E-state index in [0.29, 0.717) is 19.0 Å². The van der Waals surface area contributed by atoms with Crippen LogP contribution in [0.25, 0.3) is 0 Å². The SMILES string of the molecule is CC(C)CNC(=O)CNCC(C)(C)O. The van der Waals surface area contributed by atoms with Crippen molar-refractivity contribution in [1.29, 1.82) is 0 Å². The molecule has 0 aromatic rings. The second-order valence-electron chi connectivity index (χ2n) is 4.61. The lowest BCUT2D eigenvalue weighted by Crippen LogP contribution is -2.41. The van der Waals surface area contributed by atoms with E-state index in [1.54, 1.807) is 13.8 Å². The molecule has 0 radical (unpaired) electrons. The van der Waals surface area contributed by atoms with Crippen LogP contribution in [0, 0.1) is 5.92 Å². The number of amides is 1.